The highest BCUT2D eigenvalue weighted by Crippen LogP contribution is 2.13. The minimum absolute atomic E-state index is 0.0332. The van der Waals surface area contributed by atoms with E-state index < -0.39 is 10.0 Å². The van der Waals surface area contributed by atoms with Crippen molar-refractivity contribution in [1.29, 1.82) is 0 Å². The van der Waals surface area contributed by atoms with Crippen molar-refractivity contribution >= 4 is 15.7 Å². The van der Waals surface area contributed by atoms with Crippen molar-refractivity contribution in [2.75, 3.05) is 25.9 Å². The van der Waals surface area contributed by atoms with E-state index in [9.17, 15) is 8.42 Å². The summed E-state index contributed by atoms with van der Waals surface area (Å²) in [6.07, 6.45) is 2.30. The van der Waals surface area contributed by atoms with Gasteiger partial charge in [0.05, 0.1) is 5.75 Å². The first-order valence-corrected chi connectivity index (χ1v) is 7.96. The summed E-state index contributed by atoms with van der Waals surface area (Å²) >= 11 is 0. The largest absolute Gasteiger partial charge is 0.399 e. The van der Waals surface area contributed by atoms with E-state index in [0.717, 1.165) is 12.8 Å². The molecule has 0 amide bonds. The van der Waals surface area contributed by atoms with Crippen molar-refractivity contribution in [2.45, 2.75) is 25.0 Å². The minimum atomic E-state index is -3.30. The van der Waals surface area contributed by atoms with E-state index in [1.165, 1.54) is 4.31 Å². The molecule has 0 spiro atoms. The van der Waals surface area contributed by atoms with Crippen molar-refractivity contribution in [2.24, 2.45) is 0 Å². The molecule has 0 atom stereocenters. The van der Waals surface area contributed by atoms with Gasteiger partial charge in [-0.25, -0.2) is 12.7 Å². The summed E-state index contributed by atoms with van der Waals surface area (Å²) < 4.78 is 25.6. The number of rotatable bonds is 8. The first kappa shape index (κ1) is 15.9. The number of anilines is 1. The molecule has 0 aliphatic carbocycles. The summed E-state index contributed by atoms with van der Waals surface area (Å²) in [7, 11) is -1.72. The number of sulfonamides is 1. The fourth-order valence-corrected chi connectivity index (χ4v) is 2.99. The predicted molar refractivity (Wildman–Crippen MR) is 77.0 cm³/mol. The zero-order chi connectivity index (χ0) is 14.3. The van der Waals surface area contributed by atoms with E-state index in [4.69, 9.17) is 10.8 Å². The number of nitrogen functional groups attached to an aromatic ring is 1. The Labute approximate surface area is 115 Å². The van der Waals surface area contributed by atoms with Gasteiger partial charge in [-0.15, -0.1) is 0 Å². The Morgan fingerprint density at radius 2 is 2.00 bits per heavy atom. The monoisotopic (exact) mass is 286 g/mol. The average Bonchev–Trinajstić information content (AvgIpc) is 2.33. The Balaban J connectivity index is 2.55. The first-order chi connectivity index (χ1) is 8.95. The van der Waals surface area contributed by atoms with Gasteiger partial charge in [-0.1, -0.05) is 12.1 Å². The first-order valence-electron chi connectivity index (χ1n) is 6.35. The van der Waals surface area contributed by atoms with Gasteiger partial charge in [0.25, 0.3) is 0 Å². The molecule has 0 saturated heterocycles. The van der Waals surface area contributed by atoms with Crippen molar-refractivity contribution in [3.05, 3.63) is 29.8 Å². The van der Waals surface area contributed by atoms with Crippen LogP contribution < -0.4 is 5.73 Å². The third-order valence-electron chi connectivity index (χ3n) is 2.91. The second kappa shape index (κ2) is 7.47. The molecule has 19 heavy (non-hydrogen) atoms. The zero-order valence-electron chi connectivity index (χ0n) is 11.2. The van der Waals surface area contributed by atoms with E-state index in [1.54, 1.807) is 31.3 Å². The maximum absolute atomic E-state index is 12.1. The summed E-state index contributed by atoms with van der Waals surface area (Å²) in [5, 5.41) is 8.67. The molecule has 0 radical (unpaired) electrons. The standard InChI is InChI=1S/C13H22N2O3S/c1-15(8-3-2-4-9-16)19(17,18)11-12-6-5-7-13(14)10-12/h5-7,10,16H,2-4,8-9,11,14H2,1H3. The highest BCUT2D eigenvalue weighted by Gasteiger charge is 2.17. The van der Waals surface area contributed by atoms with Gasteiger partial charge in [-0.2, -0.15) is 0 Å². The molecular formula is C13H22N2O3S. The molecule has 6 heteroatoms. The molecular weight excluding hydrogens is 264 g/mol. The number of hydrogen-bond acceptors (Lipinski definition) is 4. The molecule has 0 bridgehead atoms. The van der Waals surface area contributed by atoms with Crippen LogP contribution in [-0.2, 0) is 15.8 Å². The Morgan fingerprint density at radius 3 is 2.63 bits per heavy atom. The maximum atomic E-state index is 12.1. The van der Waals surface area contributed by atoms with Crippen LogP contribution in [0.1, 0.15) is 24.8 Å². The van der Waals surface area contributed by atoms with Gasteiger partial charge in [0.1, 0.15) is 0 Å². The van der Waals surface area contributed by atoms with Gasteiger partial charge in [-0.3, -0.25) is 0 Å². The molecule has 108 valence electrons. The third-order valence-corrected chi connectivity index (χ3v) is 4.74. The van der Waals surface area contributed by atoms with Crippen LogP contribution in [0, 0.1) is 0 Å². The van der Waals surface area contributed by atoms with Crippen LogP contribution in [0.25, 0.3) is 0 Å². The van der Waals surface area contributed by atoms with Crippen LogP contribution in [0.4, 0.5) is 5.69 Å². The maximum Gasteiger partial charge on any atom is 0.218 e. The van der Waals surface area contributed by atoms with E-state index in [1.807, 2.05) is 0 Å². The number of aliphatic hydroxyl groups is 1. The minimum Gasteiger partial charge on any atom is -0.399 e. The molecule has 0 aliphatic heterocycles. The Morgan fingerprint density at radius 1 is 1.26 bits per heavy atom. The predicted octanol–water partition coefficient (Wildman–Crippen LogP) is 1.19. The topological polar surface area (TPSA) is 83.6 Å². The summed E-state index contributed by atoms with van der Waals surface area (Å²) in [4.78, 5) is 0. The second-order valence-electron chi connectivity index (χ2n) is 4.61. The molecule has 0 saturated carbocycles. The molecule has 0 fully saturated rings. The van der Waals surface area contributed by atoms with Crippen LogP contribution >= 0.6 is 0 Å². The lowest BCUT2D eigenvalue weighted by atomic mass is 10.2. The SMILES string of the molecule is CN(CCCCCO)S(=O)(=O)Cc1cccc(N)c1. The lowest BCUT2D eigenvalue weighted by molar-refractivity contribution is 0.281. The smallest absolute Gasteiger partial charge is 0.218 e. The highest BCUT2D eigenvalue weighted by atomic mass is 32.2. The summed E-state index contributed by atoms with van der Waals surface area (Å²) in [5.41, 5.74) is 6.90. The van der Waals surface area contributed by atoms with Gasteiger partial charge in [0, 0.05) is 25.9 Å². The molecule has 1 rings (SSSR count). The average molecular weight is 286 g/mol. The highest BCUT2D eigenvalue weighted by molar-refractivity contribution is 7.88. The Hall–Kier alpha value is -1.11. The summed E-state index contributed by atoms with van der Waals surface area (Å²) in [6, 6.07) is 6.92. The molecule has 3 N–H and O–H groups in total. The quantitative estimate of drug-likeness (QED) is 0.555. The Kier molecular flexibility index (Phi) is 6.27. The van der Waals surface area contributed by atoms with E-state index >= 15 is 0 Å². The molecule has 0 aliphatic rings. The summed E-state index contributed by atoms with van der Waals surface area (Å²) in [5.74, 6) is -0.0332. The molecule has 0 aromatic heterocycles. The van der Waals surface area contributed by atoms with E-state index in [-0.39, 0.29) is 12.4 Å². The fourth-order valence-electron chi connectivity index (χ4n) is 1.77. The van der Waals surface area contributed by atoms with E-state index in [2.05, 4.69) is 0 Å². The van der Waals surface area contributed by atoms with Crippen molar-refractivity contribution in [3.8, 4) is 0 Å². The lowest BCUT2D eigenvalue weighted by Gasteiger charge is -2.17. The van der Waals surface area contributed by atoms with Crippen LogP contribution in [-0.4, -0.2) is 38.0 Å². The van der Waals surface area contributed by atoms with E-state index in [0.29, 0.717) is 24.2 Å². The van der Waals surface area contributed by atoms with Crippen molar-refractivity contribution in [3.63, 3.8) is 0 Å². The van der Waals surface area contributed by atoms with Gasteiger partial charge < -0.3 is 10.8 Å². The third kappa shape index (κ3) is 5.59. The molecule has 0 heterocycles. The lowest BCUT2D eigenvalue weighted by Crippen LogP contribution is -2.29. The van der Waals surface area contributed by atoms with Gasteiger partial charge in [0.15, 0.2) is 0 Å². The number of hydrogen-bond donors (Lipinski definition) is 2. The number of aliphatic hydroxyl groups excluding tert-OH is 1. The Bertz CT molecular complexity index is 488. The molecule has 5 nitrogen and oxygen atoms in total. The molecule has 1 aromatic carbocycles. The fraction of sp³-hybridized carbons (Fsp3) is 0.538. The van der Waals surface area contributed by atoms with Gasteiger partial charge in [-0.05, 0) is 37.0 Å². The normalized spacial score (nSPS) is 11.9. The van der Waals surface area contributed by atoms with Gasteiger partial charge in [0.2, 0.25) is 10.0 Å². The second-order valence-corrected chi connectivity index (χ2v) is 6.68. The van der Waals surface area contributed by atoms with Crippen LogP contribution in [0.3, 0.4) is 0 Å². The molecule has 1 aromatic rings. The molecule has 0 unspecified atom stereocenters. The zero-order valence-corrected chi connectivity index (χ0v) is 12.1. The summed E-state index contributed by atoms with van der Waals surface area (Å²) in [6.45, 7) is 0.629. The number of benzene rings is 1. The van der Waals surface area contributed by atoms with Crippen molar-refractivity contribution in [1.82, 2.24) is 4.31 Å². The van der Waals surface area contributed by atoms with Crippen LogP contribution in [0.15, 0.2) is 24.3 Å². The van der Waals surface area contributed by atoms with Gasteiger partial charge >= 0.3 is 0 Å². The van der Waals surface area contributed by atoms with Crippen LogP contribution in [0.2, 0.25) is 0 Å². The van der Waals surface area contributed by atoms with Crippen LogP contribution in [0.5, 0.6) is 0 Å². The number of nitrogens with zero attached hydrogens (tertiary/aromatic N) is 1. The number of unbranched alkanes of at least 4 members (excludes halogenated alkanes) is 2. The van der Waals surface area contributed by atoms with Crippen molar-refractivity contribution < 1.29 is 13.5 Å². The number of nitrogens with two attached hydrogens (primary N) is 1.